The van der Waals surface area contributed by atoms with Gasteiger partial charge in [-0.3, -0.25) is 0 Å². The zero-order valence-electron chi connectivity index (χ0n) is 12.6. The second kappa shape index (κ2) is 5.48. The molecule has 0 amide bonds. The molecule has 0 saturated heterocycles. The molecule has 2 aromatic heterocycles. The Hall–Kier alpha value is -1.29. The van der Waals surface area contributed by atoms with E-state index in [1.54, 1.807) is 11.3 Å². The van der Waals surface area contributed by atoms with Gasteiger partial charge in [0.05, 0.1) is 10.9 Å². The van der Waals surface area contributed by atoms with Crippen molar-refractivity contribution in [3.63, 3.8) is 0 Å². The number of hydrogen-bond acceptors (Lipinski definition) is 3. The van der Waals surface area contributed by atoms with Crippen molar-refractivity contribution in [2.45, 2.75) is 51.5 Å². The van der Waals surface area contributed by atoms with Crippen molar-refractivity contribution in [3.8, 4) is 10.6 Å². The average molecular weight is 301 g/mol. The van der Waals surface area contributed by atoms with Gasteiger partial charge >= 0.3 is 0 Å². The molecule has 1 unspecified atom stereocenters. The van der Waals surface area contributed by atoms with Crippen LogP contribution in [0.1, 0.15) is 50.1 Å². The van der Waals surface area contributed by atoms with Crippen LogP contribution in [-0.4, -0.2) is 16.3 Å². The van der Waals surface area contributed by atoms with Gasteiger partial charge in [0.1, 0.15) is 11.5 Å². The van der Waals surface area contributed by atoms with Gasteiger partial charge in [-0.25, -0.2) is 4.68 Å². The van der Waals surface area contributed by atoms with E-state index in [-0.39, 0.29) is 0 Å². The Labute approximate surface area is 130 Å². The monoisotopic (exact) mass is 301 g/mol. The van der Waals surface area contributed by atoms with E-state index in [9.17, 15) is 0 Å². The topological polar surface area (TPSA) is 29.9 Å². The Bertz CT molecular complexity index is 622. The van der Waals surface area contributed by atoms with Crippen LogP contribution in [0.5, 0.6) is 0 Å². The highest BCUT2D eigenvalue weighted by atomic mass is 32.1. The van der Waals surface area contributed by atoms with Crippen LogP contribution in [0.15, 0.2) is 17.5 Å². The third-order valence-corrected chi connectivity index (χ3v) is 6.12. The highest BCUT2D eigenvalue weighted by Crippen LogP contribution is 2.40. The second-order valence-electron chi connectivity index (χ2n) is 6.47. The molecule has 1 aliphatic carbocycles. The number of anilines is 1. The standard InChI is InChI=1S/C17H23N3S/c1-12-8-10-21-17(12)14-11-16-18-9-7-15(20(16)19-14)13-5-3-2-4-6-13/h8,10-11,13,15,18H,2-7,9H2,1H3. The molecule has 2 aromatic rings. The second-order valence-corrected chi connectivity index (χ2v) is 7.39. The number of nitrogens with zero attached hydrogens (tertiary/aromatic N) is 2. The van der Waals surface area contributed by atoms with Crippen molar-refractivity contribution in [1.82, 2.24) is 9.78 Å². The van der Waals surface area contributed by atoms with E-state index in [0.717, 1.165) is 18.2 Å². The zero-order chi connectivity index (χ0) is 14.2. The molecule has 1 saturated carbocycles. The molecule has 4 rings (SSSR count). The van der Waals surface area contributed by atoms with Gasteiger partial charge in [0.15, 0.2) is 0 Å². The lowest BCUT2D eigenvalue weighted by atomic mass is 9.82. The molecule has 2 aliphatic rings. The fourth-order valence-electron chi connectivity index (χ4n) is 3.95. The molecular formula is C17H23N3S. The summed E-state index contributed by atoms with van der Waals surface area (Å²) in [6, 6.07) is 5.04. The summed E-state index contributed by atoms with van der Waals surface area (Å²) in [5, 5.41) is 10.7. The van der Waals surface area contributed by atoms with Crippen molar-refractivity contribution >= 4 is 17.2 Å². The van der Waals surface area contributed by atoms with Crippen LogP contribution < -0.4 is 5.32 Å². The zero-order valence-corrected chi connectivity index (χ0v) is 13.5. The summed E-state index contributed by atoms with van der Waals surface area (Å²) in [4.78, 5) is 1.32. The molecule has 21 heavy (non-hydrogen) atoms. The maximum absolute atomic E-state index is 4.98. The highest BCUT2D eigenvalue weighted by molar-refractivity contribution is 7.13. The van der Waals surface area contributed by atoms with E-state index in [4.69, 9.17) is 5.10 Å². The summed E-state index contributed by atoms with van der Waals surface area (Å²) in [5.74, 6) is 2.05. The lowest BCUT2D eigenvalue weighted by molar-refractivity contribution is 0.223. The van der Waals surface area contributed by atoms with E-state index in [1.807, 2.05) is 0 Å². The van der Waals surface area contributed by atoms with Gasteiger partial charge in [-0.05, 0) is 49.1 Å². The number of rotatable bonds is 2. The van der Waals surface area contributed by atoms with Crippen molar-refractivity contribution in [3.05, 3.63) is 23.1 Å². The van der Waals surface area contributed by atoms with E-state index < -0.39 is 0 Å². The first-order valence-electron chi connectivity index (χ1n) is 8.21. The minimum Gasteiger partial charge on any atom is -0.370 e. The summed E-state index contributed by atoms with van der Waals surface area (Å²) in [6.45, 7) is 3.27. The van der Waals surface area contributed by atoms with Gasteiger partial charge in [-0.15, -0.1) is 11.3 Å². The molecule has 1 atom stereocenters. The van der Waals surface area contributed by atoms with Gasteiger partial charge in [-0.1, -0.05) is 19.3 Å². The minimum atomic E-state index is 0.607. The summed E-state index contributed by atoms with van der Waals surface area (Å²) >= 11 is 1.80. The fraction of sp³-hybridized carbons (Fsp3) is 0.588. The van der Waals surface area contributed by atoms with E-state index in [2.05, 4.69) is 34.4 Å². The third kappa shape index (κ3) is 2.39. The number of hydrogen-bond donors (Lipinski definition) is 1. The van der Waals surface area contributed by atoms with Crippen LogP contribution in [0.25, 0.3) is 10.6 Å². The normalized spacial score (nSPS) is 22.8. The van der Waals surface area contributed by atoms with Gasteiger partial charge in [-0.2, -0.15) is 5.10 Å². The lowest BCUT2D eigenvalue weighted by Gasteiger charge is -2.34. The van der Waals surface area contributed by atoms with E-state index >= 15 is 0 Å². The third-order valence-electron chi connectivity index (χ3n) is 5.08. The molecule has 0 radical (unpaired) electrons. The van der Waals surface area contributed by atoms with Crippen LogP contribution in [0.2, 0.25) is 0 Å². The highest BCUT2D eigenvalue weighted by Gasteiger charge is 2.30. The number of aryl methyl sites for hydroxylation is 1. The Morgan fingerprint density at radius 3 is 2.86 bits per heavy atom. The molecule has 0 aromatic carbocycles. The lowest BCUT2D eigenvalue weighted by Crippen LogP contribution is -2.30. The van der Waals surface area contributed by atoms with Crippen LogP contribution >= 0.6 is 11.3 Å². The molecule has 0 bridgehead atoms. The van der Waals surface area contributed by atoms with Crippen molar-refractivity contribution < 1.29 is 0 Å². The van der Waals surface area contributed by atoms with E-state index in [1.165, 1.54) is 54.8 Å². The van der Waals surface area contributed by atoms with E-state index in [0.29, 0.717) is 6.04 Å². The first-order valence-corrected chi connectivity index (χ1v) is 9.09. The fourth-order valence-corrected chi connectivity index (χ4v) is 4.83. The quantitative estimate of drug-likeness (QED) is 0.858. The molecule has 3 heterocycles. The largest absolute Gasteiger partial charge is 0.370 e. The Morgan fingerprint density at radius 1 is 1.24 bits per heavy atom. The van der Waals surface area contributed by atoms with Gasteiger partial charge in [0, 0.05) is 12.6 Å². The van der Waals surface area contributed by atoms with Gasteiger partial charge < -0.3 is 5.32 Å². The maximum atomic E-state index is 4.98. The minimum absolute atomic E-state index is 0.607. The van der Waals surface area contributed by atoms with Crippen LogP contribution in [0.3, 0.4) is 0 Å². The van der Waals surface area contributed by atoms with Gasteiger partial charge in [0.2, 0.25) is 0 Å². The average Bonchev–Trinajstić information content (AvgIpc) is 3.13. The Balaban J connectivity index is 1.68. The number of fused-ring (bicyclic) bond motifs is 1. The maximum Gasteiger partial charge on any atom is 0.125 e. The molecule has 3 nitrogen and oxygen atoms in total. The molecule has 1 fully saturated rings. The van der Waals surface area contributed by atoms with Crippen LogP contribution in [-0.2, 0) is 0 Å². The van der Waals surface area contributed by atoms with Crippen molar-refractivity contribution in [2.24, 2.45) is 5.92 Å². The summed E-state index contributed by atoms with van der Waals surface area (Å²) in [6.07, 6.45) is 8.23. The predicted octanol–water partition coefficient (Wildman–Crippen LogP) is 4.86. The first kappa shape index (κ1) is 13.4. The van der Waals surface area contributed by atoms with Crippen LogP contribution in [0.4, 0.5) is 5.82 Å². The Morgan fingerprint density at radius 2 is 2.10 bits per heavy atom. The molecular weight excluding hydrogens is 278 g/mol. The molecule has 4 heteroatoms. The van der Waals surface area contributed by atoms with Crippen molar-refractivity contribution in [2.75, 3.05) is 11.9 Å². The smallest absolute Gasteiger partial charge is 0.125 e. The summed E-state index contributed by atoms with van der Waals surface area (Å²) in [5.41, 5.74) is 2.48. The molecule has 112 valence electrons. The first-order chi connectivity index (χ1) is 10.3. The number of aromatic nitrogens is 2. The van der Waals surface area contributed by atoms with Gasteiger partial charge in [0.25, 0.3) is 0 Å². The summed E-state index contributed by atoms with van der Waals surface area (Å²) < 4.78 is 2.30. The molecule has 1 aliphatic heterocycles. The number of thiophene rings is 1. The molecule has 1 N–H and O–H groups in total. The van der Waals surface area contributed by atoms with Crippen molar-refractivity contribution in [1.29, 1.82) is 0 Å². The Kier molecular flexibility index (Phi) is 3.49. The SMILES string of the molecule is Cc1ccsc1-c1cc2n(n1)C(C1CCCCC1)CCN2. The predicted molar refractivity (Wildman–Crippen MR) is 89.0 cm³/mol. The number of nitrogens with one attached hydrogen (secondary N) is 1. The van der Waals surface area contributed by atoms with Crippen LogP contribution in [0, 0.1) is 12.8 Å². The molecule has 0 spiro atoms. The summed E-state index contributed by atoms with van der Waals surface area (Å²) in [7, 11) is 0.